The Morgan fingerprint density at radius 2 is 1.55 bits per heavy atom. The molecule has 9 nitrogen and oxygen atoms in total. The van der Waals surface area contributed by atoms with Crippen molar-refractivity contribution in [3.8, 4) is 0 Å². The van der Waals surface area contributed by atoms with Gasteiger partial charge < -0.3 is 9.64 Å². The second-order valence-corrected chi connectivity index (χ2v) is 10.5. The zero-order valence-corrected chi connectivity index (χ0v) is 18.4. The first-order valence-electron chi connectivity index (χ1n) is 9.10. The smallest absolute Gasteiger partial charge is 0.410 e. The highest BCUT2D eigenvalue weighted by Gasteiger charge is 2.53. The first-order valence-corrected chi connectivity index (χ1v) is 12.7. The normalized spacial score (nSPS) is 18.9. The van der Waals surface area contributed by atoms with E-state index in [1.807, 2.05) is 37.3 Å². The molecule has 0 bridgehead atoms. The number of ether oxygens (including phenoxy) is 1. The third kappa shape index (κ3) is 6.95. The lowest BCUT2D eigenvalue weighted by molar-refractivity contribution is -0.0830. The number of nitrogens with zero attached hydrogens (tertiary/aromatic N) is 1. The van der Waals surface area contributed by atoms with Gasteiger partial charge in [-0.25, -0.2) is 4.79 Å². The molecular formula is C18H27NO8S2. The molecule has 1 aromatic rings. The van der Waals surface area contributed by atoms with Crippen molar-refractivity contribution in [2.24, 2.45) is 5.92 Å². The maximum absolute atomic E-state index is 12.7. The Morgan fingerprint density at radius 1 is 1.03 bits per heavy atom. The Balaban J connectivity index is 2.08. The van der Waals surface area contributed by atoms with Crippen molar-refractivity contribution in [1.82, 2.24) is 4.90 Å². The number of hydrogen-bond donors (Lipinski definition) is 0. The predicted octanol–water partition coefficient (Wildman–Crippen LogP) is 1.75. The largest absolute Gasteiger partial charge is 0.445 e. The lowest BCUT2D eigenvalue weighted by Crippen LogP contribution is -2.68. The quantitative estimate of drug-likeness (QED) is 0.496. The van der Waals surface area contributed by atoms with E-state index in [2.05, 4.69) is 0 Å². The third-order valence-corrected chi connectivity index (χ3v) is 6.19. The second-order valence-electron chi connectivity index (χ2n) is 7.21. The van der Waals surface area contributed by atoms with Gasteiger partial charge in [0.15, 0.2) is 0 Å². The highest BCUT2D eigenvalue weighted by Crippen LogP contribution is 2.43. The van der Waals surface area contributed by atoms with Gasteiger partial charge in [-0.05, 0) is 24.3 Å². The van der Waals surface area contributed by atoms with Crippen LogP contribution in [0.3, 0.4) is 0 Å². The molecule has 0 aromatic heterocycles. The SMILES string of the molecule is C[C@H]1CN(C(=O)OCc2ccccc2)C1(CCOS(C)(=O)=O)CCOS(C)(=O)=O. The Labute approximate surface area is 172 Å². The number of likely N-dealkylation sites (tertiary alicyclic amines) is 1. The van der Waals surface area contributed by atoms with E-state index in [1.165, 1.54) is 4.90 Å². The Kier molecular flexibility index (Phi) is 7.66. The van der Waals surface area contributed by atoms with E-state index < -0.39 is 31.9 Å². The Morgan fingerprint density at radius 3 is 2.00 bits per heavy atom. The third-order valence-electron chi connectivity index (χ3n) is 5.00. The minimum atomic E-state index is -3.64. The van der Waals surface area contributed by atoms with Crippen LogP contribution in [-0.4, -0.2) is 65.6 Å². The van der Waals surface area contributed by atoms with Crippen molar-refractivity contribution in [2.75, 3.05) is 32.3 Å². The van der Waals surface area contributed by atoms with Gasteiger partial charge in [-0.1, -0.05) is 37.3 Å². The van der Waals surface area contributed by atoms with Crippen LogP contribution in [0.4, 0.5) is 4.79 Å². The average Bonchev–Trinajstić information content (AvgIpc) is 2.61. The van der Waals surface area contributed by atoms with Crippen molar-refractivity contribution in [3.05, 3.63) is 35.9 Å². The average molecular weight is 450 g/mol. The molecule has 0 aliphatic carbocycles. The highest BCUT2D eigenvalue weighted by molar-refractivity contribution is 7.86. The van der Waals surface area contributed by atoms with E-state index in [9.17, 15) is 21.6 Å². The summed E-state index contributed by atoms with van der Waals surface area (Å²) in [4.78, 5) is 14.2. The molecule has 0 saturated carbocycles. The van der Waals surface area contributed by atoms with Crippen LogP contribution in [-0.2, 0) is 39.9 Å². The molecule has 0 radical (unpaired) electrons. The van der Waals surface area contributed by atoms with E-state index in [4.69, 9.17) is 13.1 Å². The maximum atomic E-state index is 12.7. The maximum Gasteiger partial charge on any atom is 0.410 e. The van der Waals surface area contributed by atoms with Crippen molar-refractivity contribution >= 4 is 26.3 Å². The van der Waals surface area contributed by atoms with E-state index in [1.54, 1.807) is 0 Å². The van der Waals surface area contributed by atoms with Crippen LogP contribution in [0.5, 0.6) is 0 Å². The van der Waals surface area contributed by atoms with Gasteiger partial charge in [0.05, 0.1) is 31.3 Å². The van der Waals surface area contributed by atoms with Crippen LogP contribution in [0.1, 0.15) is 25.3 Å². The molecule has 1 fully saturated rings. The lowest BCUT2D eigenvalue weighted by Gasteiger charge is -2.57. The van der Waals surface area contributed by atoms with E-state index in [0.29, 0.717) is 6.54 Å². The molecule has 0 N–H and O–H groups in total. The van der Waals surface area contributed by atoms with Crippen molar-refractivity contribution in [1.29, 1.82) is 0 Å². The summed E-state index contributed by atoms with van der Waals surface area (Å²) in [5.74, 6) is -0.0157. The molecule has 2 rings (SSSR count). The zero-order chi connectivity index (χ0) is 21.7. The van der Waals surface area contributed by atoms with Gasteiger partial charge in [0, 0.05) is 6.54 Å². The second kappa shape index (κ2) is 9.41. The van der Waals surface area contributed by atoms with Gasteiger partial charge in [-0.15, -0.1) is 0 Å². The van der Waals surface area contributed by atoms with Crippen LogP contribution in [0.25, 0.3) is 0 Å². The monoisotopic (exact) mass is 449 g/mol. The molecule has 0 unspecified atom stereocenters. The van der Waals surface area contributed by atoms with Gasteiger partial charge >= 0.3 is 6.09 Å². The minimum Gasteiger partial charge on any atom is -0.445 e. The molecule has 1 atom stereocenters. The molecule has 11 heteroatoms. The van der Waals surface area contributed by atoms with Crippen LogP contribution >= 0.6 is 0 Å². The summed E-state index contributed by atoms with van der Waals surface area (Å²) in [7, 11) is -7.28. The number of carbonyl (C=O) groups is 1. The molecular weight excluding hydrogens is 422 g/mol. The molecule has 1 amide bonds. The number of amides is 1. The molecule has 164 valence electrons. The van der Waals surface area contributed by atoms with Crippen molar-refractivity contribution < 1.29 is 34.7 Å². The Bertz CT molecular complexity index is 861. The van der Waals surface area contributed by atoms with Crippen LogP contribution in [0.15, 0.2) is 30.3 Å². The predicted molar refractivity (Wildman–Crippen MR) is 106 cm³/mol. The van der Waals surface area contributed by atoms with Crippen molar-refractivity contribution in [3.63, 3.8) is 0 Å². The highest BCUT2D eigenvalue weighted by atomic mass is 32.2. The lowest BCUT2D eigenvalue weighted by atomic mass is 9.71. The van der Waals surface area contributed by atoms with E-state index in [0.717, 1.165) is 18.1 Å². The molecule has 1 saturated heterocycles. The summed E-state index contributed by atoms with van der Waals surface area (Å²) < 4.78 is 60.3. The van der Waals surface area contributed by atoms with E-state index in [-0.39, 0.29) is 38.6 Å². The molecule has 0 spiro atoms. The van der Waals surface area contributed by atoms with Crippen LogP contribution in [0, 0.1) is 5.92 Å². The summed E-state index contributed by atoms with van der Waals surface area (Å²) in [6.07, 6.45) is 1.75. The fraction of sp³-hybridized carbons (Fsp3) is 0.611. The minimum absolute atomic E-state index is 0.0157. The molecule has 1 aliphatic rings. The first-order chi connectivity index (χ1) is 13.4. The van der Waals surface area contributed by atoms with Crippen LogP contribution in [0.2, 0.25) is 0 Å². The fourth-order valence-electron chi connectivity index (χ4n) is 3.46. The van der Waals surface area contributed by atoms with Gasteiger partial charge in [0.1, 0.15) is 6.61 Å². The molecule has 1 heterocycles. The zero-order valence-electron chi connectivity index (χ0n) is 16.7. The summed E-state index contributed by atoms with van der Waals surface area (Å²) in [6.45, 7) is 2.14. The summed E-state index contributed by atoms with van der Waals surface area (Å²) in [5, 5.41) is 0. The topological polar surface area (TPSA) is 116 Å². The standard InChI is InChI=1S/C18H27NO8S2/c1-15-13-19(17(20)25-14-16-7-5-4-6-8-16)18(15,9-11-26-28(2,21)22)10-12-27-29(3,23)24/h4-8,15H,9-14H2,1-3H3/t15-/m0/s1. The molecule has 1 aromatic carbocycles. The number of carbonyl (C=O) groups excluding carboxylic acids is 1. The number of rotatable bonds is 10. The van der Waals surface area contributed by atoms with Gasteiger partial charge in [0.2, 0.25) is 0 Å². The van der Waals surface area contributed by atoms with Gasteiger partial charge in [0.25, 0.3) is 20.2 Å². The Hall–Kier alpha value is -1.69. The van der Waals surface area contributed by atoms with Gasteiger partial charge in [-0.3, -0.25) is 8.37 Å². The first kappa shape index (κ1) is 23.6. The molecule has 29 heavy (non-hydrogen) atoms. The van der Waals surface area contributed by atoms with Gasteiger partial charge in [-0.2, -0.15) is 16.8 Å². The fourth-order valence-corrected chi connectivity index (χ4v) is 4.23. The summed E-state index contributed by atoms with van der Waals surface area (Å²) in [6, 6.07) is 9.20. The summed E-state index contributed by atoms with van der Waals surface area (Å²) >= 11 is 0. The summed E-state index contributed by atoms with van der Waals surface area (Å²) in [5.41, 5.74) is 0.0178. The van der Waals surface area contributed by atoms with Crippen LogP contribution < -0.4 is 0 Å². The number of benzene rings is 1. The van der Waals surface area contributed by atoms with E-state index >= 15 is 0 Å². The van der Waals surface area contributed by atoms with Crippen molar-refractivity contribution in [2.45, 2.75) is 31.9 Å². The molecule has 1 aliphatic heterocycles. The number of hydrogen-bond acceptors (Lipinski definition) is 8.